The Bertz CT molecular complexity index is 261. The zero-order valence-electron chi connectivity index (χ0n) is 7.42. The quantitative estimate of drug-likeness (QED) is 0.519. The van der Waals surface area contributed by atoms with Crippen molar-refractivity contribution in [3.05, 3.63) is 29.3 Å². The van der Waals surface area contributed by atoms with Gasteiger partial charge in [-0.2, -0.15) is 0 Å². The van der Waals surface area contributed by atoms with E-state index in [-0.39, 0.29) is 0 Å². The third-order valence-corrected chi connectivity index (χ3v) is 1.87. The zero-order valence-corrected chi connectivity index (χ0v) is 7.42. The molecule has 66 valence electrons. The first-order valence-corrected chi connectivity index (χ1v) is 3.85. The molecule has 0 aliphatic heterocycles. The monoisotopic (exact) mass is 166 g/mol. The van der Waals surface area contributed by atoms with Crippen molar-refractivity contribution in [3.8, 4) is 5.75 Å². The van der Waals surface area contributed by atoms with Crippen LogP contribution in [0.25, 0.3) is 0 Å². The molecule has 0 bridgehead atoms. The van der Waals surface area contributed by atoms with Crippen LogP contribution in [0, 0.1) is 6.92 Å². The summed E-state index contributed by atoms with van der Waals surface area (Å²) in [6.07, 6.45) is 0. The summed E-state index contributed by atoms with van der Waals surface area (Å²) in [5.74, 6) is 6.13. The number of ether oxygens (including phenoxy) is 1. The average molecular weight is 166 g/mol. The highest BCUT2D eigenvalue weighted by Crippen LogP contribution is 2.20. The lowest BCUT2D eigenvalue weighted by molar-refractivity contribution is 0.407. The molecule has 0 amide bonds. The molecular formula is C9H14N2O. The van der Waals surface area contributed by atoms with Crippen LogP contribution < -0.4 is 16.0 Å². The molecule has 0 atom stereocenters. The Labute approximate surface area is 72.5 Å². The van der Waals surface area contributed by atoms with Crippen LogP contribution in [0.2, 0.25) is 0 Å². The normalized spacial score (nSPS) is 9.92. The van der Waals surface area contributed by atoms with Gasteiger partial charge in [0.15, 0.2) is 0 Å². The average Bonchev–Trinajstić information content (AvgIpc) is 2.09. The highest BCUT2D eigenvalue weighted by atomic mass is 16.5. The maximum absolute atomic E-state index is 5.25. The smallest absolute Gasteiger partial charge is 0.123 e. The second-order valence-electron chi connectivity index (χ2n) is 2.64. The molecule has 1 rings (SSSR count). The SMILES string of the molecule is COc1cccc(C)c1CNN. The number of nitrogens with one attached hydrogen (secondary N) is 1. The number of hydrogen-bond acceptors (Lipinski definition) is 3. The number of aryl methyl sites for hydroxylation is 1. The van der Waals surface area contributed by atoms with Crippen molar-refractivity contribution >= 4 is 0 Å². The molecule has 0 unspecified atom stereocenters. The van der Waals surface area contributed by atoms with Gasteiger partial charge in [0, 0.05) is 12.1 Å². The van der Waals surface area contributed by atoms with Gasteiger partial charge in [-0.25, -0.2) is 0 Å². The van der Waals surface area contributed by atoms with Gasteiger partial charge < -0.3 is 4.74 Å². The molecule has 12 heavy (non-hydrogen) atoms. The Morgan fingerprint density at radius 2 is 2.25 bits per heavy atom. The van der Waals surface area contributed by atoms with Gasteiger partial charge in [0.2, 0.25) is 0 Å². The summed E-state index contributed by atoms with van der Waals surface area (Å²) in [6, 6.07) is 5.93. The largest absolute Gasteiger partial charge is 0.496 e. The number of nitrogens with two attached hydrogens (primary N) is 1. The molecule has 0 saturated carbocycles. The predicted molar refractivity (Wildman–Crippen MR) is 48.8 cm³/mol. The molecule has 0 saturated heterocycles. The first-order valence-electron chi connectivity index (χ1n) is 3.85. The molecule has 0 aliphatic rings. The molecule has 1 aromatic carbocycles. The van der Waals surface area contributed by atoms with Gasteiger partial charge in [-0.3, -0.25) is 11.3 Å². The molecule has 0 aliphatic carbocycles. The number of benzene rings is 1. The molecule has 0 spiro atoms. The molecule has 3 nitrogen and oxygen atoms in total. The Balaban J connectivity index is 3.02. The van der Waals surface area contributed by atoms with E-state index >= 15 is 0 Å². The second kappa shape index (κ2) is 4.09. The number of hydrogen-bond donors (Lipinski definition) is 2. The molecule has 0 aromatic heterocycles. The fourth-order valence-corrected chi connectivity index (χ4v) is 1.20. The van der Waals surface area contributed by atoms with Crippen LogP contribution in [0.1, 0.15) is 11.1 Å². The summed E-state index contributed by atoms with van der Waals surface area (Å²) in [7, 11) is 1.66. The summed E-state index contributed by atoms with van der Waals surface area (Å²) in [5, 5.41) is 0. The lowest BCUT2D eigenvalue weighted by Gasteiger charge is -2.10. The van der Waals surface area contributed by atoms with Crippen LogP contribution >= 0.6 is 0 Å². The van der Waals surface area contributed by atoms with Crippen LogP contribution in [0.5, 0.6) is 5.75 Å². The molecule has 0 radical (unpaired) electrons. The lowest BCUT2D eigenvalue weighted by Crippen LogP contribution is -2.21. The van der Waals surface area contributed by atoms with Crippen molar-refractivity contribution in [1.82, 2.24) is 5.43 Å². The maximum Gasteiger partial charge on any atom is 0.123 e. The minimum atomic E-state index is 0.635. The van der Waals surface area contributed by atoms with E-state index in [1.807, 2.05) is 25.1 Å². The minimum Gasteiger partial charge on any atom is -0.496 e. The van der Waals surface area contributed by atoms with E-state index in [0.29, 0.717) is 6.54 Å². The number of methoxy groups -OCH3 is 1. The Kier molecular flexibility index (Phi) is 3.08. The van der Waals surface area contributed by atoms with Gasteiger partial charge in [-0.05, 0) is 18.6 Å². The van der Waals surface area contributed by atoms with Gasteiger partial charge in [-0.1, -0.05) is 12.1 Å². The van der Waals surface area contributed by atoms with Crippen LogP contribution in [0.4, 0.5) is 0 Å². The summed E-state index contributed by atoms with van der Waals surface area (Å²) in [4.78, 5) is 0. The van der Waals surface area contributed by atoms with Crippen LogP contribution in [-0.2, 0) is 6.54 Å². The van der Waals surface area contributed by atoms with Gasteiger partial charge >= 0.3 is 0 Å². The topological polar surface area (TPSA) is 47.3 Å². The standard InChI is InChI=1S/C9H14N2O/c1-7-4-3-5-9(12-2)8(7)6-11-10/h3-5,11H,6,10H2,1-2H3. The van der Waals surface area contributed by atoms with Crippen LogP contribution in [0.15, 0.2) is 18.2 Å². The lowest BCUT2D eigenvalue weighted by atomic mass is 10.1. The molecule has 0 fully saturated rings. The molecule has 1 aromatic rings. The molecular weight excluding hydrogens is 152 g/mol. The van der Waals surface area contributed by atoms with Crippen molar-refractivity contribution in [2.75, 3.05) is 7.11 Å². The van der Waals surface area contributed by atoms with Crippen molar-refractivity contribution < 1.29 is 4.74 Å². The first kappa shape index (κ1) is 9.03. The van der Waals surface area contributed by atoms with E-state index in [1.54, 1.807) is 7.11 Å². The molecule has 0 heterocycles. The fourth-order valence-electron chi connectivity index (χ4n) is 1.20. The Morgan fingerprint density at radius 1 is 1.50 bits per heavy atom. The summed E-state index contributed by atoms with van der Waals surface area (Å²) < 4.78 is 5.18. The van der Waals surface area contributed by atoms with Crippen LogP contribution in [-0.4, -0.2) is 7.11 Å². The van der Waals surface area contributed by atoms with Crippen LogP contribution in [0.3, 0.4) is 0 Å². The highest BCUT2D eigenvalue weighted by Gasteiger charge is 2.03. The third kappa shape index (κ3) is 1.75. The van der Waals surface area contributed by atoms with E-state index in [9.17, 15) is 0 Å². The van der Waals surface area contributed by atoms with Crippen molar-refractivity contribution in [2.24, 2.45) is 5.84 Å². The van der Waals surface area contributed by atoms with Crippen molar-refractivity contribution in [1.29, 1.82) is 0 Å². The fraction of sp³-hybridized carbons (Fsp3) is 0.333. The predicted octanol–water partition coefficient (Wildman–Crippen LogP) is 0.967. The Hall–Kier alpha value is -1.06. The van der Waals surface area contributed by atoms with Gasteiger partial charge in [0.25, 0.3) is 0 Å². The summed E-state index contributed by atoms with van der Waals surface area (Å²) in [6.45, 7) is 2.67. The molecule has 3 heteroatoms. The highest BCUT2D eigenvalue weighted by molar-refractivity contribution is 5.39. The number of rotatable bonds is 3. The van der Waals surface area contributed by atoms with E-state index in [0.717, 1.165) is 11.3 Å². The van der Waals surface area contributed by atoms with E-state index < -0.39 is 0 Å². The third-order valence-electron chi connectivity index (χ3n) is 1.87. The molecule has 3 N–H and O–H groups in total. The zero-order chi connectivity index (χ0) is 8.97. The minimum absolute atomic E-state index is 0.635. The van der Waals surface area contributed by atoms with Crippen molar-refractivity contribution in [3.63, 3.8) is 0 Å². The summed E-state index contributed by atoms with van der Waals surface area (Å²) in [5.41, 5.74) is 4.92. The van der Waals surface area contributed by atoms with E-state index in [1.165, 1.54) is 5.56 Å². The van der Waals surface area contributed by atoms with Crippen molar-refractivity contribution in [2.45, 2.75) is 13.5 Å². The number of hydrazine groups is 1. The summed E-state index contributed by atoms with van der Waals surface area (Å²) >= 11 is 0. The van der Waals surface area contributed by atoms with E-state index in [4.69, 9.17) is 10.6 Å². The Morgan fingerprint density at radius 3 is 2.83 bits per heavy atom. The second-order valence-corrected chi connectivity index (χ2v) is 2.64. The van der Waals surface area contributed by atoms with Gasteiger partial charge in [0.05, 0.1) is 7.11 Å². The maximum atomic E-state index is 5.25. The van der Waals surface area contributed by atoms with Gasteiger partial charge in [-0.15, -0.1) is 0 Å². The van der Waals surface area contributed by atoms with Gasteiger partial charge in [0.1, 0.15) is 5.75 Å². The first-order chi connectivity index (χ1) is 5.79. The van der Waals surface area contributed by atoms with E-state index in [2.05, 4.69) is 5.43 Å².